The molecule has 2 aliphatic rings. The molecule has 4 amide bonds. The molecule has 0 radical (unpaired) electrons. The summed E-state index contributed by atoms with van der Waals surface area (Å²) in [7, 11) is 2.97. The van der Waals surface area contributed by atoms with Gasteiger partial charge in [0.05, 0.1) is 6.42 Å². The van der Waals surface area contributed by atoms with Gasteiger partial charge in [-0.05, 0) is 24.0 Å². The summed E-state index contributed by atoms with van der Waals surface area (Å²) in [6.45, 7) is 3.15. The first-order valence-corrected chi connectivity index (χ1v) is 15.0. The van der Waals surface area contributed by atoms with Crippen molar-refractivity contribution in [1.29, 1.82) is 0 Å². The van der Waals surface area contributed by atoms with Crippen LogP contribution in [0.3, 0.4) is 0 Å². The number of fused-ring (bicyclic) bond motifs is 7. The van der Waals surface area contributed by atoms with Gasteiger partial charge in [-0.15, -0.1) is 0 Å². The highest BCUT2D eigenvalue weighted by atomic mass is 33.1. The van der Waals surface area contributed by atoms with Crippen LogP contribution in [-0.2, 0) is 35.1 Å². The molecule has 4 unspecified atom stereocenters. The number of benzene rings is 1. The lowest BCUT2D eigenvalue weighted by molar-refractivity contribution is -0.148. The highest BCUT2D eigenvalue weighted by Gasteiger charge is 2.32. The normalized spacial score (nSPS) is 27.3. The van der Waals surface area contributed by atoms with E-state index >= 15 is 0 Å². The molecule has 0 aliphatic carbocycles. The minimum Gasteiger partial charge on any atom is -0.456 e. The maximum Gasteiger partial charge on any atom is 0.326 e. The Morgan fingerprint density at radius 1 is 0.947 bits per heavy atom. The van der Waals surface area contributed by atoms with Gasteiger partial charge < -0.3 is 26.0 Å². The van der Waals surface area contributed by atoms with Crippen molar-refractivity contribution in [3.05, 3.63) is 48.0 Å². The number of esters is 1. The quantitative estimate of drug-likeness (QED) is 0.244. The molecular weight excluding hydrogens is 528 g/mol. The molecule has 12 heteroatoms. The third kappa shape index (κ3) is 9.39. The molecule has 0 spiro atoms. The number of amides is 4. The van der Waals surface area contributed by atoms with Crippen molar-refractivity contribution in [3.63, 3.8) is 0 Å². The fourth-order valence-corrected chi connectivity index (χ4v) is 6.06. The van der Waals surface area contributed by atoms with Gasteiger partial charge in [0.2, 0.25) is 23.6 Å². The summed E-state index contributed by atoms with van der Waals surface area (Å²) >= 11 is 0. The first-order chi connectivity index (χ1) is 18.2. The Hall–Kier alpha value is -2.99. The smallest absolute Gasteiger partial charge is 0.326 e. The van der Waals surface area contributed by atoms with Crippen LogP contribution in [0.15, 0.2) is 42.5 Å². The van der Waals surface area contributed by atoms with E-state index in [0.29, 0.717) is 12.2 Å². The summed E-state index contributed by atoms with van der Waals surface area (Å²) in [5, 5.41) is 10.8. The Kier molecular flexibility index (Phi) is 11.5. The number of rotatable bonds is 3. The van der Waals surface area contributed by atoms with E-state index in [-0.39, 0.29) is 24.5 Å². The van der Waals surface area contributed by atoms with Gasteiger partial charge in [0.15, 0.2) is 0 Å². The molecule has 1 aromatic carbocycles. The molecule has 0 aromatic heterocycles. The second-order valence-corrected chi connectivity index (χ2v) is 12.0. The standard InChI is InChI=1S/C26H34N4O6S2/c1-16(2)23-26(35)29-20-15-38-37-11-7-6-10-18(13-21(31)30-23)36-22(32)14-27-24(33)19(28-25(20)34)12-17-8-4-3-5-9-17/h3-6,8-10,16,18-20,23H,7,11-15H2,1-2H3,(H,27,33)(H,28,34)(H,29,35)(H,30,31)/b10-6+. The Morgan fingerprint density at radius 2 is 1.71 bits per heavy atom. The molecule has 2 aliphatic heterocycles. The van der Waals surface area contributed by atoms with Gasteiger partial charge in [0.1, 0.15) is 30.8 Å². The number of carbonyl (C=O) groups excluding carboxylic acids is 5. The van der Waals surface area contributed by atoms with Gasteiger partial charge in [0.25, 0.3) is 0 Å². The molecular formula is C26H34N4O6S2. The van der Waals surface area contributed by atoms with E-state index in [0.717, 1.165) is 5.56 Å². The summed E-state index contributed by atoms with van der Waals surface area (Å²) in [5.74, 6) is -2.09. The van der Waals surface area contributed by atoms with Crippen LogP contribution in [0, 0.1) is 5.92 Å². The topological polar surface area (TPSA) is 143 Å². The zero-order valence-corrected chi connectivity index (χ0v) is 23.1. The number of nitrogens with one attached hydrogen (secondary N) is 4. The Labute approximate surface area is 230 Å². The van der Waals surface area contributed by atoms with Crippen LogP contribution >= 0.6 is 21.6 Å². The Balaban J connectivity index is 1.96. The molecule has 2 heterocycles. The van der Waals surface area contributed by atoms with E-state index < -0.39 is 60.4 Å². The molecule has 10 nitrogen and oxygen atoms in total. The molecule has 4 atom stereocenters. The second-order valence-electron chi connectivity index (χ2n) is 9.37. The number of ether oxygens (including phenoxy) is 1. The molecule has 2 bridgehead atoms. The first kappa shape index (κ1) is 29.6. The van der Waals surface area contributed by atoms with Crippen LogP contribution in [0.4, 0.5) is 0 Å². The van der Waals surface area contributed by atoms with Gasteiger partial charge in [-0.1, -0.05) is 71.8 Å². The average Bonchev–Trinajstić information content (AvgIpc) is 2.88. The van der Waals surface area contributed by atoms with Gasteiger partial charge in [0, 0.05) is 17.9 Å². The number of hydrogen-bond donors (Lipinski definition) is 4. The predicted octanol–water partition coefficient (Wildman–Crippen LogP) is 1.11. The predicted molar refractivity (Wildman–Crippen MR) is 147 cm³/mol. The SMILES string of the molecule is CC(C)C1NC(=O)CC2/C=C/CCSSCC(NC1=O)C(=O)NC(Cc1ccccc1)C(=O)NCC(=O)O2. The highest BCUT2D eigenvalue weighted by Crippen LogP contribution is 2.24. The minimum absolute atomic E-state index is 0.185. The summed E-state index contributed by atoms with van der Waals surface area (Å²) < 4.78 is 5.48. The van der Waals surface area contributed by atoms with Crippen LogP contribution in [0.5, 0.6) is 0 Å². The van der Waals surface area contributed by atoms with Crippen LogP contribution < -0.4 is 21.3 Å². The number of hydrogen-bond acceptors (Lipinski definition) is 8. The average molecular weight is 563 g/mol. The zero-order chi connectivity index (χ0) is 27.5. The van der Waals surface area contributed by atoms with Crippen molar-refractivity contribution in [1.82, 2.24) is 21.3 Å². The summed E-state index contributed by atoms with van der Waals surface area (Å²) in [5.41, 5.74) is 0.814. The minimum atomic E-state index is -0.991. The fourth-order valence-electron chi connectivity index (χ4n) is 3.91. The van der Waals surface area contributed by atoms with E-state index in [9.17, 15) is 24.0 Å². The van der Waals surface area contributed by atoms with Crippen LogP contribution in [0.2, 0.25) is 0 Å². The van der Waals surface area contributed by atoms with Crippen molar-refractivity contribution in [2.75, 3.05) is 18.1 Å². The molecule has 3 rings (SSSR count). The molecule has 1 saturated heterocycles. The summed E-state index contributed by atoms with van der Waals surface area (Å²) in [6.07, 6.45) is 3.28. The maximum absolute atomic E-state index is 13.4. The molecule has 0 saturated carbocycles. The van der Waals surface area contributed by atoms with Crippen molar-refractivity contribution in [3.8, 4) is 0 Å². The first-order valence-electron chi connectivity index (χ1n) is 12.5. The zero-order valence-electron chi connectivity index (χ0n) is 21.4. The third-order valence-corrected chi connectivity index (χ3v) is 8.37. The Bertz CT molecular complexity index is 1040. The van der Waals surface area contributed by atoms with Crippen LogP contribution in [0.25, 0.3) is 0 Å². The molecule has 1 aromatic rings. The van der Waals surface area contributed by atoms with Gasteiger partial charge in [-0.25, -0.2) is 0 Å². The van der Waals surface area contributed by atoms with Crippen LogP contribution in [-0.4, -0.2) is 71.9 Å². The number of allylic oxidation sites excluding steroid dienone is 1. The molecule has 4 N–H and O–H groups in total. The summed E-state index contributed by atoms with van der Waals surface area (Å²) in [6, 6.07) is 6.32. The molecule has 38 heavy (non-hydrogen) atoms. The van der Waals surface area contributed by atoms with E-state index in [4.69, 9.17) is 4.74 Å². The van der Waals surface area contributed by atoms with E-state index in [1.807, 2.05) is 36.4 Å². The van der Waals surface area contributed by atoms with Gasteiger partial charge >= 0.3 is 5.97 Å². The third-order valence-electron chi connectivity index (χ3n) is 5.93. The van der Waals surface area contributed by atoms with Crippen LogP contribution in [0.1, 0.15) is 32.3 Å². The molecule has 1 fully saturated rings. The number of carbonyl (C=O) groups is 5. The van der Waals surface area contributed by atoms with Crippen molar-refractivity contribution in [2.24, 2.45) is 5.92 Å². The fraction of sp³-hybridized carbons (Fsp3) is 0.500. The van der Waals surface area contributed by atoms with Crippen molar-refractivity contribution < 1.29 is 28.7 Å². The van der Waals surface area contributed by atoms with Crippen molar-refractivity contribution >= 4 is 51.2 Å². The Morgan fingerprint density at radius 3 is 2.45 bits per heavy atom. The lowest BCUT2D eigenvalue weighted by atomic mass is 10.0. The lowest BCUT2D eigenvalue weighted by Gasteiger charge is -2.27. The maximum atomic E-state index is 13.4. The summed E-state index contributed by atoms with van der Waals surface area (Å²) in [4.78, 5) is 65.1. The largest absolute Gasteiger partial charge is 0.456 e. The van der Waals surface area contributed by atoms with Crippen molar-refractivity contribution in [2.45, 2.75) is 57.3 Å². The van der Waals surface area contributed by atoms with Gasteiger partial charge in [-0.2, -0.15) is 0 Å². The van der Waals surface area contributed by atoms with E-state index in [2.05, 4.69) is 21.3 Å². The van der Waals surface area contributed by atoms with E-state index in [1.165, 1.54) is 21.6 Å². The monoisotopic (exact) mass is 562 g/mol. The highest BCUT2D eigenvalue weighted by molar-refractivity contribution is 8.76. The van der Waals surface area contributed by atoms with Gasteiger partial charge in [-0.3, -0.25) is 24.0 Å². The molecule has 206 valence electrons. The van der Waals surface area contributed by atoms with E-state index in [1.54, 1.807) is 19.9 Å². The second kappa shape index (κ2) is 14.8. The lowest BCUT2D eigenvalue weighted by Crippen LogP contribution is -2.59.